The van der Waals surface area contributed by atoms with Gasteiger partial charge in [-0.15, -0.1) is 16.4 Å². The Bertz CT molecular complexity index is 1030. The number of fused-ring (bicyclic) bond motifs is 1. The molecule has 1 aliphatic rings. The van der Waals surface area contributed by atoms with Crippen molar-refractivity contribution >= 4 is 45.1 Å². The van der Waals surface area contributed by atoms with Gasteiger partial charge in [-0.05, 0) is 56.8 Å². The predicted octanol–water partition coefficient (Wildman–Crippen LogP) is 3.71. The molecule has 0 aliphatic carbocycles. The van der Waals surface area contributed by atoms with E-state index in [4.69, 9.17) is 5.73 Å². The lowest BCUT2D eigenvalue weighted by Crippen LogP contribution is -2.36. The number of carbonyl (C=O) groups excluding carboxylic acids is 1. The summed E-state index contributed by atoms with van der Waals surface area (Å²) < 4.78 is 2.29. The lowest BCUT2D eigenvalue weighted by molar-refractivity contribution is 0.0944. The van der Waals surface area contributed by atoms with E-state index in [1.54, 1.807) is 11.9 Å². The fourth-order valence-corrected chi connectivity index (χ4v) is 5.35. The maximum Gasteiger partial charge on any atom is 0.263 e. The third-order valence-electron chi connectivity index (χ3n) is 5.08. The van der Waals surface area contributed by atoms with Gasteiger partial charge in [0.2, 0.25) is 0 Å². The van der Waals surface area contributed by atoms with Crippen LogP contribution in [0.3, 0.4) is 0 Å². The first-order valence-corrected chi connectivity index (χ1v) is 10.8. The zero-order valence-corrected chi connectivity index (χ0v) is 17.8. The van der Waals surface area contributed by atoms with Gasteiger partial charge in [-0.25, -0.2) is 4.31 Å². The molecule has 1 fully saturated rings. The second-order valence-electron chi connectivity index (χ2n) is 7.19. The number of nitrogens with two attached hydrogens (primary N) is 1. The third kappa shape index (κ3) is 3.72. The minimum Gasteiger partial charge on any atom is -0.397 e. The van der Waals surface area contributed by atoms with E-state index in [2.05, 4.69) is 51.0 Å². The summed E-state index contributed by atoms with van der Waals surface area (Å²) in [4.78, 5) is 15.3. The van der Waals surface area contributed by atoms with Crippen LogP contribution in [0.1, 0.15) is 32.9 Å². The number of hydrogen-bond acceptors (Lipinski definition) is 7. The molecule has 1 aromatic carbocycles. The highest BCUT2D eigenvalue weighted by molar-refractivity contribution is 7.97. The average molecular weight is 414 g/mol. The first-order chi connectivity index (χ1) is 13.4. The minimum absolute atomic E-state index is 0.115. The summed E-state index contributed by atoms with van der Waals surface area (Å²) in [6.07, 6.45) is 0.924. The van der Waals surface area contributed by atoms with Gasteiger partial charge in [0, 0.05) is 29.4 Å². The van der Waals surface area contributed by atoms with Gasteiger partial charge in [-0.3, -0.25) is 4.79 Å². The van der Waals surface area contributed by atoms with Crippen molar-refractivity contribution in [3.8, 4) is 0 Å². The first-order valence-electron chi connectivity index (χ1n) is 9.24. The molecule has 0 spiro atoms. The molecular weight excluding hydrogens is 390 g/mol. The quantitative estimate of drug-likeness (QED) is 0.635. The normalized spacial score (nSPS) is 17.3. The second-order valence-corrected chi connectivity index (χ2v) is 9.36. The van der Waals surface area contributed by atoms with Crippen LogP contribution >= 0.6 is 23.3 Å². The van der Waals surface area contributed by atoms with Crippen molar-refractivity contribution in [2.24, 2.45) is 0 Å². The van der Waals surface area contributed by atoms with Crippen molar-refractivity contribution in [1.82, 2.24) is 19.8 Å². The molecule has 3 aromatic rings. The Morgan fingerprint density at radius 3 is 2.75 bits per heavy atom. The van der Waals surface area contributed by atoms with Gasteiger partial charge < -0.3 is 11.1 Å². The number of nitrogens with one attached hydrogen (secondary N) is 1. The highest BCUT2D eigenvalue weighted by Gasteiger charge is 2.27. The summed E-state index contributed by atoms with van der Waals surface area (Å²) in [5.74, 6) is -0.121. The number of thiophene rings is 1. The van der Waals surface area contributed by atoms with Crippen molar-refractivity contribution in [1.29, 1.82) is 0 Å². The molecule has 28 heavy (non-hydrogen) atoms. The van der Waals surface area contributed by atoms with Crippen LogP contribution < -0.4 is 11.1 Å². The van der Waals surface area contributed by atoms with E-state index in [-0.39, 0.29) is 11.9 Å². The van der Waals surface area contributed by atoms with E-state index in [9.17, 15) is 4.79 Å². The Labute approximate surface area is 172 Å². The van der Waals surface area contributed by atoms with Gasteiger partial charge in [-0.1, -0.05) is 17.7 Å². The summed E-state index contributed by atoms with van der Waals surface area (Å²) in [5.41, 5.74) is 9.88. The number of nitrogens with zero attached hydrogens (tertiary/aromatic N) is 3. The maximum absolute atomic E-state index is 12.8. The van der Waals surface area contributed by atoms with Gasteiger partial charge in [0.1, 0.15) is 9.71 Å². The van der Waals surface area contributed by atoms with E-state index in [1.165, 1.54) is 21.8 Å². The van der Waals surface area contributed by atoms with Crippen LogP contribution in [0.4, 0.5) is 5.69 Å². The fourth-order valence-electron chi connectivity index (χ4n) is 3.34. The van der Waals surface area contributed by atoms with E-state index >= 15 is 0 Å². The number of aryl methyl sites for hydroxylation is 3. The molecule has 1 saturated heterocycles. The van der Waals surface area contributed by atoms with Gasteiger partial charge in [-0.2, -0.15) is 5.10 Å². The standard InChI is InChI=1S/C20H23N5OS2/c1-11-4-6-15(7-5-11)28-25-9-8-14(10-25)22-19(26)18-17(21)16-12(2)13(3)23-24-20(16)27-18/h4-7,14H,8-10,21H2,1-3H3,(H,22,26). The number of aromatic nitrogens is 2. The number of hydrogen-bond donors (Lipinski definition) is 2. The summed E-state index contributed by atoms with van der Waals surface area (Å²) in [6.45, 7) is 7.71. The highest BCUT2D eigenvalue weighted by Crippen LogP contribution is 2.35. The first kappa shape index (κ1) is 19.2. The number of benzene rings is 1. The summed E-state index contributed by atoms with van der Waals surface area (Å²) >= 11 is 3.05. The second kappa shape index (κ2) is 7.69. The molecule has 0 bridgehead atoms. The van der Waals surface area contributed by atoms with Gasteiger partial charge >= 0.3 is 0 Å². The topological polar surface area (TPSA) is 84.1 Å². The molecule has 0 saturated carbocycles. The molecule has 2 aromatic heterocycles. The molecule has 3 N–H and O–H groups in total. The predicted molar refractivity (Wildman–Crippen MR) is 116 cm³/mol. The SMILES string of the molecule is Cc1ccc(SN2CCC(NC(=O)c3sc4nnc(C)c(C)c4c3N)C2)cc1. The Kier molecular flexibility index (Phi) is 5.27. The third-order valence-corrected chi connectivity index (χ3v) is 7.24. The van der Waals surface area contributed by atoms with Crippen molar-refractivity contribution in [2.45, 2.75) is 38.1 Å². The van der Waals surface area contributed by atoms with Crippen LogP contribution in [0.15, 0.2) is 29.2 Å². The smallest absolute Gasteiger partial charge is 0.263 e. The zero-order valence-electron chi connectivity index (χ0n) is 16.2. The van der Waals surface area contributed by atoms with Crippen LogP contribution in [0.5, 0.6) is 0 Å². The molecule has 4 rings (SSSR count). The Hall–Kier alpha value is -2.16. The number of amides is 1. The fraction of sp³-hybridized carbons (Fsp3) is 0.350. The zero-order chi connectivity index (χ0) is 19.8. The monoisotopic (exact) mass is 413 g/mol. The Morgan fingerprint density at radius 2 is 2.00 bits per heavy atom. The van der Waals surface area contributed by atoms with Gasteiger partial charge in [0.05, 0.1) is 11.4 Å². The Morgan fingerprint density at radius 1 is 1.25 bits per heavy atom. The molecule has 1 unspecified atom stereocenters. The van der Waals surface area contributed by atoms with E-state index in [1.807, 2.05) is 13.8 Å². The van der Waals surface area contributed by atoms with Crippen LogP contribution in [-0.4, -0.2) is 39.5 Å². The van der Waals surface area contributed by atoms with Crippen LogP contribution in [0.2, 0.25) is 0 Å². The van der Waals surface area contributed by atoms with Crippen molar-refractivity contribution in [3.05, 3.63) is 46.0 Å². The van der Waals surface area contributed by atoms with Gasteiger partial charge in [0.15, 0.2) is 0 Å². The minimum atomic E-state index is -0.121. The maximum atomic E-state index is 12.8. The van der Waals surface area contributed by atoms with Crippen LogP contribution in [0, 0.1) is 20.8 Å². The summed E-state index contributed by atoms with van der Waals surface area (Å²) in [6, 6.07) is 8.62. The van der Waals surface area contributed by atoms with E-state index in [0.717, 1.165) is 36.2 Å². The van der Waals surface area contributed by atoms with Crippen molar-refractivity contribution in [3.63, 3.8) is 0 Å². The van der Waals surface area contributed by atoms with Crippen LogP contribution in [-0.2, 0) is 0 Å². The Balaban J connectivity index is 1.43. The number of rotatable bonds is 4. The molecule has 8 heteroatoms. The lowest BCUT2D eigenvalue weighted by atomic mass is 10.1. The molecule has 146 valence electrons. The molecule has 6 nitrogen and oxygen atoms in total. The van der Waals surface area contributed by atoms with Gasteiger partial charge in [0.25, 0.3) is 5.91 Å². The molecule has 1 aliphatic heterocycles. The average Bonchev–Trinajstić information content (AvgIpc) is 3.24. The van der Waals surface area contributed by atoms with E-state index < -0.39 is 0 Å². The summed E-state index contributed by atoms with van der Waals surface area (Å²) in [7, 11) is 0. The largest absolute Gasteiger partial charge is 0.397 e. The highest BCUT2D eigenvalue weighted by atomic mass is 32.2. The molecular formula is C20H23N5OS2. The summed E-state index contributed by atoms with van der Waals surface area (Å²) in [5, 5.41) is 12.3. The molecule has 1 atom stereocenters. The van der Waals surface area contributed by atoms with Crippen molar-refractivity contribution in [2.75, 3.05) is 18.8 Å². The van der Waals surface area contributed by atoms with E-state index in [0.29, 0.717) is 15.4 Å². The molecule has 0 radical (unpaired) electrons. The van der Waals surface area contributed by atoms with Crippen LogP contribution in [0.25, 0.3) is 10.2 Å². The molecule has 3 heterocycles. The number of nitrogen functional groups attached to an aromatic ring is 1. The molecule has 1 amide bonds. The number of anilines is 1. The van der Waals surface area contributed by atoms with Crippen molar-refractivity contribution < 1.29 is 4.79 Å². The number of carbonyl (C=O) groups is 1. The lowest BCUT2D eigenvalue weighted by Gasteiger charge is -2.15.